The molecular formula is C34H45F3N7O5S-. The van der Waals surface area contributed by atoms with Gasteiger partial charge in [0.05, 0.1) is 30.5 Å². The van der Waals surface area contributed by atoms with Gasteiger partial charge in [0.25, 0.3) is 11.8 Å². The first-order valence-electron chi connectivity index (χ1n) is 17.6. The lowest BCUT2D eigenvalue weighted by Gasteiger charge is -2.54. The third-order valence-electron chi connectivity index (χ3n) is 11.0. The van der Waals surface area contributed by atoms with E-state index >= 15 is 0 Å². The number of rotatable bonds is 11. The number of halogens is 3. The average molecular weight is 721 g/mol. The summed E-state index contributed by atoms with van der Waals surface area (Å²) in [4.78, 5) is 28.3. The predicted octanol–water partition coefficient (Wildman–Crippen LogP) is 4.22. The highest BCUT2D eigenvalue weighted by Crippen LogP contribution is 2.46. The molecule has 1 amide bonds. The standard InChI is InChI=1S/C34H46F3N7O5S/c1-23(2)43(26-15-34(36,37)16-26)32(45)28-14-24(35)4-7-29(28)49-30-17-38-22-39-31(30)41-20-33(21-41)8-12-40(13-9-33)18-27-6-5-25(19-48-27)44(50(46)47)42-10-3-11-42/h4,7,14,17,22-23,25-27H,3,5-6,8-13,15-16,18-21H2,1-2H3,(H,46,47)/p-1/t25-,27+/m1/s1. The van der Waals surface area contributed by atoms with E-state index in [0.717, 1.165) is 84.0 Å². The molecule has 1 aromatic carbocycles. The number of amides is 1. The first-order chi connectivity index (χ1) is 23.9. The number of benzene rings is 1. The lowest BCUT2D eigenvalue weighted by molar-refractivity contribution is -0.120. The Bertz CT molecular complexity index is 1550. The van der Waals surface area contributed by atoms with Gasteiger partial charge in [-0.15, -0.1) is 0 Å². The Hall–Kier alpha value is -2.89. The SMILES string of the molecule is CC(C)N(C(=O)c1cc(F)ccc1Oc1cncnc1N1CC2(CCN(C[C@@H]3CC[C@@H](N(N4CCC4)S(=O)[O-])CO3)CC2)C1)C1CC(F)(F)C1. The van der Waals surface area contributed by atoms with Gasteiger partial charge in [0.2, 0.25) is 0 Å². The van der Waals surface area contributed by atoms with E-state index in [-0.39, 0.29) is 34.9 Å². The van der Waals surface area contributed by atoms with E-state index in [1.807, 2.05) is 5.01 Å². The Morgan fingerprint density at radius 3 is 2.46 bits per heavy atom. The lowest BCUT2D eigenvalue weighted by Crippen LogP contribution is -2.61. The van der Waals surface area contributed by atoms with Gasteiger partial charge in [0.15, 0.2) is 11.6 Å². The summed E-state index contributed by atoms with van der Waals surface area (Å²) in [7, 11) is 0. The van der Waals surface area contributed by atoms with Crippen LogP contribution in [0.3, 0.4) is 0 Å². The van der Waals surface area contributed by atoms with Crippen molar-refractivity contribution in [1.82, 2.24) is 29.2 Å². The molecule has 5 heterocycles. The zero-order chi connectivity index (χ0) is 35.2. The van der Waals surface area contributed by atoms with E-state index in [9.17, 15) is 26.7 Å². The number of likely N-dealkylation sites (tertiary alicyclic amines) is 1. The summed E-state index contributed by atoms with van der Waals surface area (Å²) < 4.78 is 79.5. The Labute approximate surface area is 293 Å². The van der Waals surface area contributed by atoms with Gasteiger partial charge in [-0.25, -0.2) is 28.1 Å². The summed E-state index contributed by atoms with van der Waals surface area (Å²) in [6.07, 6.45) is 6.85. The Kier molecular flexibility index (Phi) is 10.1. The van der Waals surface area contributed by atoms with Crippen molar-refractivity contribution in [2.75, 3.05) is 57.3 Å². The summed E-state index contributed by atoms with van der Waals surface area (Å²) >= 11 is -2.29. The second kappa shape index (κ2) is 14.3. The fourth-order valence-corrected chi connectivity index (χ4v) is 8.83. The number of hydrogen-bond acceptors (Lipinski definition) is 10. The van der Waals surface area contributed by atoms with E-state index in [2.05, 4.69) is 19.8 Å². The van der Waals surface area contributed by atoms with Crippen molar-refractivity contribution < 1.29 is 36.2 Å². The minimum atomic E-state index is -2.81. The topological polar surface area (TPSA) is 118 Å². The van der Waals surface area contributed by atoms with Crippen molar-refractivity contribution >= 4 is 23.0 Å². The molecule has 16 heteroatoms. The van der Waals surface area contributed by atoms with E-state index in [1.54, 1.807) is 13.8 Å². The van der Waals surface area contributed by atoms with E-state index < -0.39 is 47.8 Å². The highest BCUT2D eigenvalue weighted by Gasteiger charge is 2.50. The maximum absolute atomic E-state index is 14.5. The molecule has 2 aromatic rings. The second-order valence-corrected chi connectivity index (χ2v) is 15.7. The quantitative estimate of drug-likeness (QED) is 0.313. The molecule has 1 aliphatic carbocycles. The number of hydrogen-bond donors (Lipinski definition) is 0. The monoisotopic (exact) mass is 720 g/mol. The van der Waals surface area contributed by atoms with Gasteiger partial charge >= 0.3 is 0 Å². The Morgan fingerprint density at radius 2 is 1.86 bits per heavy atom. The third-order valence-corrected chi connectivity index (χ3v) is 11.8. The minimum Gasteiger partial charge on any atom is -0.759 e. The molecule has 1 spiro atoms. The van der Waals surface area contributed by atoms with E-state index in [4.69, 9.17) is 9.47 Å². The lowest BCUT2D eigenvalue weighted by atomic mass is 9.72. The molecule has 5 aliphatic rings. The molecule has 50 heavy (non-hydrogen) atoms. The highest BCUT2D eigenvalue weighted by atomic mass is 32.2. The van der Waals surface area contributed by atoms with Crippen LogP contribution in [0.1, 0.15) is 69.2 Å². The number of hydrazine groups is 1. The van der Waals surface area contributed by atoms with Gasteiger partial charge in [-0.3, -0.25) is 9.00 Å². The van der Waals surface area contributed by atoms with Crippen LogP contribution in [0.4, 0.5) is 19.0 Å². The number of aromatic nitrogens is 2. The summed E-state index contributed by atoms with van der Waals surface area (Å²) in [6.45, 7) is 9.73. The van der Waals surface area contributed by atoms with Crippen molar-refractivity contribution in [1.29, 1.82) is 0 Å². The van der Waals surface area contributed by atoms with Crippen LogP contribution in [0.5, 0.6) is 11.5 Å². The fraction of sp³-hybridized carbons (Fsp3) is 0.676. The summed E-state index contributed by atoms with van der Waals surface area (Å²) in [5.74, 6) is -2.99. The second-order valence-electron chi connectivity index (χ2n) is 14.8. The zero-order valence-electron chi connectivity index (χ0n) is 28.5. The van der Waals surface area contributed by atoms with Crippen molar-refractivity contribution in [3.05, 3.63) is 42.1 Å². The number of carbonyl (C=O) groups is 1. The molecule has 7 rings (SSSR count). The fourth-order valence-electron chi connectivity index (χ4n) is 8.07. The van der Waals surface area contributed by atoms with Gasteiger partial charge < -0.3 is 28.7 Å². The molecule has 1 saturated carbocycles. The van der Waals surface area contributed by atoms with Crippen LogP contribution in [-0.4, -0.2) is 126 Å². The molecule has 12 nitrogen and oxygen atoms in total. The minimum absolute atomic E-state index is 0.0394. The van der Waals surface area contributed by atoms with Crippen LogP contribution in [0.15, 0.2) is 30.7 Å². The van der Waals surface area contributed by atoms with Crippen LogP contribution in [-0.2, 0) is 16.0 Å². The first kappa shape index (κ1) is 35.5. The van der Waals surface area contributed by atoms with Crippen molar-refractivity contribution in [3.63, 3.8) is 0 Å². The molecule has 1 aromatic heterocycles. The normalized spacial score (nSPS) is 26.0. The molecule has 0 bridgehead atoms. The van der Waals surface area contributed by atoms with Crippen LogP contribution in [0, 0.1) is 11.2 Å². The third kappa shape index (κ3) is 7.37. The van der Waals surface area contributed by atoms with Crippen LogP contribution < -0.4 is 9.64 Å². The summed E-state index contributed by atoms with van der Waals surface area (Å²) in [5, 5.41) is 1.88. The number of nitrogens with zero attached hydrogens (tertiary/aromatic N) is 7. The number of alkyl halides is 2. The molecule has 3 atom stereocenters. The molecule has 274 valence electrons. The maximum Gasteiger partial charge on any atom is 0.258 e. The molecule has 1 unspecified atom stereocenters. The molecule has 4 saturated heterocycles. The Morgan fingerprint density at radius 1 is 1.12 bits per heavy atom. The first-order valence-corrected chi connectivity index (χ1v) is 18.6. The predicted molar refractivity (Wildman–Crippen MR) is 178 cm³/mol. The van der Waals surface area contributed by atoms with Crippen molar-refractivity contribution in [3.8, 4) is 11.5 Å². The maximum atomic E-state index is 14.5. The Balaban J connectivity index is 0.939. The zero-order valence-corrected chi connectivity index (χ0v) is 29.3. The van der Waals surface area contributed by atoms with Crippen LogP contribution in [0.25, 0.3) is 0 Å². The summed E-state index contributed by atoms with van der Waals surface area (Å²) in [6, 6.07) is 2.52. The molecule has 0 N–H and O–H groups in total. The molecule has 4 aliphatic heterocycles. The van der Waals surface area contributed by atoms with Gasteiger partial charge in [-0.2, -0.15) is 4.41 Å². The number of carbonyl (C=O) groups excluding carboxylic acids is 1. The average Bonchev–Trinajstić information content (AvgIpc) is 3.02. The van der Waals surface area contributed by atoms with Gasteiger partial charge in [0.1, 0.15) is 17.9 Å². The molecular weight excluding hydrogens is 675 g/mol. The van der Waals surface area contributed by atoms with Crippen LogP contribution in [0.2, 0.25) is 0 Å². The van der Waals surface area contributed by atoms with Crippen molar-refractivity contribution in [2.45, 2.75) is 88.9 Å². The highest BCUT2D eigenvalue weighted by molar-refractivity contribution is 7.76. The summed E-state index contributed by atoms with van der Waals surface area (Å²) in [5.41, 5.74) is 0.0923. The number of piperidine rings is 1. The van der Waals surface area contributed by atoms with Gasteiger partial charge in [0, 0.05) is 74.3 Å². The van der Waals surface area contributed by atoms with Gasteiger partial charge in [-0.1, -0.05) is 0 Å². The van der Waals surface area contributed by atoms with E-state index in [0.29, 0.717) is 18.2 Å². The number of ether oxygens (including phenoxy) is 2. The largest absolute Gasteiger partial charge is 0.759 e. The number of anilines is 1. The molecule has 0 radical (unpaired) electrons. The van der Waals surface area contributed by atoms with Crippen molar-refractivity contribution in [2.24, 2.45) is 5.41 Å². The van der Waals surface area contributed by atoms with Crippen LogP contribution >= 0.6 is 0 Å². The molecule has 5 fully saturated rings. The smallest absolute Gasteiger partial charge is 0.258 e. The van der Waals surface area contributed by atoms with E-state index in [1.165, 1.54) is 34.0 Å². The van der Waals surface area contributed by atoms with Gasteiger partial charge in [-0.05, 0) is 77.2 Å².